The van der Waals surface area contributed by atoms with Crippen LogP contribution in [0.5, 0.6) is 0 Å². The highest BCUT2D eigenvalue weighted by molar-refractivity contribution is 5.15. The van der Waals surface area contributed by atoms with Gasteiger partial charge in [-0.25, -0.2) is 0 Å². The van der Waals surface area contributed by atoms with Gasteiger partial charge in [-0.3, -0.25) is 0 Å². The van der Waals surface area contributed by atoms with Crippen LogP contribution in [0.2, 0.25) is 0 Å². The van der Waals surface area contributed by atoms with E-state index in [1.165, 1.54) is 38.5 Å². The number of hydrogen-bond donors (Lipinski definition) is 0. The first-order chi connectivity index (χ1) is 8.30. The van der Waals surface area contributed by atoms with Gasteiger partial charge in [-0.2, -0.15) is 5.26 Å². The Morgan fingerprint density at radius 2 is 1.56 bits per heavy atom. The van der Waals surface area contributed by atoms with E-state index in [1.807, 2.05) is 0 Å². The summed E-state index contributed by atoms with van der Waals surface area (Å²) in [6.45, 7) is 9.49. The average molecular weight is 245 g/mol. The molecule has 18 heavy (non-hydrogen) atoms. The zero-order valence-electron chi connectivity index (χ0n) is 12.4. The minimum atomic E-state index is 0.277. The van der Waals surface area contributed by atoms with Crippen molar-refractivity contribution in [3.05, 3.63) is 0 Å². The van der Waals surface area contributed by atoms with E-state index in [0.717, 1.165) is 5.92 Å². The number of nitriles is 1. The molecule has 4 bridgehead atoms. The van der Waals surface area contributed by atoms with Crippen molar-refractivity contribution in [2.75, 3.05) is 0 Å². The van der Waals surface area contributed by atoms with Gasteiger partial charge in [-0.1, -0.05) is 27.7 Å². The molecule has 0 aromatic rings. The molecule has 0 aromatic carbocycles. The van der Waals surface area contributed by atoms with E-state index in [4.69, 9.17) is 0 Å². The summed E-state index contributed by atoms with van der Waals surface area (Å²) >= 11 is 0. The van der Waals surface area contributed by atoms with Gasteiger partial charge in [0.2, 0.25) is 0 Å². The van der Waals surface area contributed by atoms with Gasteiger partial charge >= 0.3 is 0 Å². The maximum absolute atomic E-state index is 9.67. The summed E-state index contributed by atoms with van der Waals surface area (Å²) in [6, 6.07) is 2.69. The predicted octanol–water partition coefficient (Wildman–Crippen LogP) is 4.78. The smallest absolute Gasteiger partial charge is 0.0664 e. The molecule has 0 radical (unpaired) electrons. The topological polar surface area (TPSA) is 23.8 Å². The van der Waals surface area contributed by atoms with Crippen molar-refractivity contribution in [2.24, 2.45) is 34.0 Å². The Kier molecular flexibility index (Phi) is 2.45. The van der Waals surface area contributed by atoms with Gasteiger partial charge in [0, 0.05) is 0 Å². The first-order valence-electron chi connectivity index (χ1n) is 7.70. The van der Waals surface area contributed by atoms with E-state index in [0.29, 0.717) is 22.2 Å². The second-order valence-electron chi connectivity index (χ2n) is 8.84. The Morgan fingerprint density at radius 3 is 1.94 bits per heavy atom. The summed E-state index contributed by atoms with van der Waals surface area (Å²) in [5.74, 6) is 1.70. The van der Waals surface area contributed by atoms with Gasteiger partial charge in [-0.15, -0.1) is 0 Å². The van der Waals surface area contributed by atoms with Gasteiger partial charge in [0.15, 0.2) is 0 Å². The number of hydrogen-bond acceptors (Lipinski definition) is 1. The Hall–Kier alpha value is -0.510. The highest BCUT2D eigenvalue weighted by Crippen LogP contribution is 2.71. The quantitative estimate of drug-likeness (QED) is 0.687. The SMILES string of the molecule is CC(C)C(C#N)C12CC3CC(C)(CC(C)(C3)C1)C2. The summed E-state index contributed by atoms with van der Waals surface area (Å²) in [6.07, 6.45) is 8.26. The maximum Gasteiger partial charge on any atom is 0.0664 e. The van der Waals surface area contributed by atoms with E-state index in [1.54, 1.807) is 0 Å². The molecule has 100 valence electrons. The van der Waals surface area contributed by atoms with Crippen LogP contribution in [0.15, 0.2) is 0 Å². The zero-order chi connectivity index (χ0) is 13.2. The first-order valence-corrected chi connectivity index (χ1v) is 7.70. The maximum atomic E-state index is 9.67. The Bertz CT molecular complexity index is 384. The van der Waals surface area contributed by atoms with Gasteiger partial charge in [0.1, 0.15) is 0 Å². The van der Waals surface area contributed by atoms with Crippen LogP contribution in [-0.4, -0.2) is 0 Å². The second kappa shape index (κ2) is 3.53. The monoisotopic (exact) mass is 245 g/mol. The van der Waals surface area contributed by atoms with E-state index in [-0.39, 0.29) is 5.92 Å². The van der Waals surface area contributed by atoms with Crippen molar-refractivity contribution >= 4 is 0 Å². The molecule has 4 saturated carbocycles. The van der Waals surface area contributed by atoms with E-state index < -0.39 is 0 Å². The molecule has 4 fully saturated rings. The molecule has 4 aliphatic carbocycles. The number of rotatable bonds is 2. The molecule has 1 heteroatoms. The zero-order valence-corrected chi connectivity index (χ0v) is 12.4. The van der Waals surface area contributed by atoms with Crippen molar-refractivity contribution in [3.63, 3.8) is 0 Å². The molecule has 0 heterocycles. The standard InChI is InChI=1S/C17H27N/c1-12(2)14(8-18)17-7-13-5-15(3,10-17)9-16(4,6-13)11-17/h12-14H,5-7,9-11H2,1-4H3. The highest BCUT2D eigenvalue weighted by Gasteiger charge is 2.62. The van der Waals surface area contributed by atoms with Crippen LogP contribution in [0.25, 0.3) is 0 Å². The minimum absolute atomic E-state index is 0.277. The van der Waals surface area contributed by atoms with Crippen LogP contribution >= 0.6 is 0 Å². The molecule has 0 amide bonds. The lowest BCUT2D eigenvalue weighted by Gasteiger charge is -2.67. The molecule has 0 spiro atoms. The normalized spacial score (nSPS) is 51.4. The van der Waals surface area contributed by atoms with E-state index in [2.05, 4.69) is 33.8 Å². The van der Waals surface area contributed by atoms with Crippen LogP contribution in [0.1, 0.15) is 66.2 Å². The van der Waals surface area contributed by atoms with E-state index in [9.17, 15) is 5.26 Å². The van der Waals surface area contributed by atoms with E-state index >= 15 is 0 Å². The van der Waals surface area contributed by atoms with Gasteiger partial charge < -0.3 is 0 Å². The molecule has 0 aliphatic heterocycles. The van der Waals surface area contributed by atoms with Crippen LogP contribution in [0.4, 0.5) is 0 Å². The van der Waals surface area contributed by atoms with Gasteiger partial charge in [0.25, 0.3) is 0 Å². The van der Waals surface area contributed by atoms with Crippen molar-refractivity contribution in [2.45, 2.75) is 66.2 Å². The van der Waals surface area contributed by atoms with Crippen LogP contribution < -0.4 is 0 Å². The molecule has 0 aromatic heterocycles. The summed E-state index contributed by atoms with van der Waals surface area (Å²) < 4.78 is 0. The molecule has 4 rings (SSSR count). The lowest BCUT2D eigenvalue weighted by atomic mass is 9.38. The predicted molar refractivity (Wildman–Crippen MR) is 73.8 cm³/mol. The summed E-state index contributed by atoms with van der Waals surface area (Å²) in [5, 5.41) is 9.67. The fourth-order valence-electron chi connectivity index (χ4n) is 6.88. The lowest BCUT2D eigenvalue weighted by Crippen LogP contribution is -2.57. The molecule has 4 aliphatic rings. The van der Waals surface area contributed by atoms with Crippen molar-refractivity contribution in [3.8, 4) is 6.07 Å². The lowest BCUT2D eigenvalue weighted by molar-refractivity contribution is -0.164. The molecule has 0 saturated heterocycles. The Balaban J connectivity index is 2.01. The van der Waals surface area contributed by atoms with Crippen LogP contribution in [0, 0.1) is 45.3 Å². The average Bonchev–Trinajstić information content (AvgIpc) is 2.10. The third kappa shape index (κ3) is 1.64. The van der Waals surface area contributed by atoms with Crippen LogP contribution in [-0.2, 0) is 0 Å². The summed E-state index contributed by atoms with van der Waals surface area (Å²) in [4.78, 5) is 0. The highest BCUT2D eigenvalue weighted by atomic mass is 14.7. The molecular weight excluding hydrogens is 218 g/mol. The molecular formula is C17H27N. The Morgan fingerprint density at radius 1 is 1.00 bits per heavy atom. The third-order valence-electron chi connectivity index (χ3n) is 6.13. The number of nitrogens with zero attached hydrogens (tertiary/aromatic N) is 1. The van der Waals surface area contributed by atoms with Gasteiger partial charge in [0.05, 0.1) is 12.0 Å². The van der Waals surface area contributed by atoms with Crippen LogP contribution in [0.3, 0.4) is 0 Å². The molecule has 3 atom stereocenters. The van der Waals surface area contributed by atoms with Crippen molar-refractivity contribution < 1.29 is 0 Å². The largest absolute Gasteiger partial charge is 0.198 e. The molecule has 1 nitrogen and oxygen atoms in total. The summed E-state index contributed by atoms with van der Waals surface area (Å²) in [7, 11) is 0. The fraction of sp³-hybridized carbons (Fsp3) is 0.941. The second-order valence-corrected chi connectivity index (χ2v) is 8.84. The molecule has 0 N–H and O–H groups in total. The molecule has 3 unspecified atom stereocenters. The van der Waals surface area contributed by atoms with Crippen molar-refractivity contribution in [1.29, 1.82) is 5.26 Å². The minimum Gasteiger partial charge on any atom is -0.198 e. The van der Waals surface area contributed by atoms with Crippen molar-refractivity contribution in [1.82, 2.24) is 0 Å². The van der Waals surface area contributed by atoms with Gasteiger partial charge in [-0.05, 0) is 66.6 Å². The first kappa shape index (κ1) is 12.5. The third-order valence-corrected chi connectivity index (χ3v) is 6.13. The Labute approximate surface area is 112 Å². The summed E-state index contributed by atoms with van der Waals surface area (Å²) in [5.41, 5.74) is 1.43. The fourth-order valence-corrected chi connectivity index (χ4v) is 6.88.